The zero-order valence-electron chi connectivity index (χ0n) is 42.2. The van der Waals surface area contributed by atoms with Crippen LogP contribution in [0, 0.1) is 0 Å². The molecule has 0 aromatic carbocycles. The minimum absolute atomic E-state index is 0. The van der Waals surface area contributed by atoms with Gasteiger partial charge in [-0.05, 0) is 0 Å². The van der Waals surface area contributed by atoms with E-state index in [0.29, 0.717) is 0 Å². The summed E-state index contributed by atoms with van der Waals surface area (Å²) < 4.78 is 0. The maximum atomic E-state index is 2.39. The molecule has 0 atom stereocenters. The van der Waals surface area contributed by atoms with Gasteiger partial charge in [-0.1, -0.05) is 26.7 Å². The van der Waals surface area contributed by atoms with Crippen LogP contribution in [-0.4, -0.2) is 49.3 Å². The molecule has 0 heterocycles. The van der Waals surface area contributed by atoms with Crippen LogP contribution in [0.1, 0.15) is 287 Å². The molecule has 0 aliphatic rings. The SMILES string of the molecule is CCCCCCCCCCCCCC[PH](CCCC)(CCCC)CCCC.CCCCCCCCCCCCCC[PH](CCCC)(CCCC)CCCC.Cl.Cl.Cl.Cl.Cl. The summed E-state index contributed by atoms with van der Waals surface area (Å²) in [5.41, 5.74) is 0. The van der Waals surface area contributed by atoms with Gasteiger partial charge in [0.1, 0.15) is 0 Å². The third-order valence-corrected chi connectivity index (χ3v) is 24.8. The second-order valence-corrected chi connectivity index (χ2v) is 28.9. The van der Waals surface area contributed by atoms with Gasteiger partial charge in [0.05, 0.1) is 0 Å². The first-order valence-corrected chi connectivity index (χ1v) is 32.1. The van der Waals surface area contributed by atoms with Gasteiger partial charge in [-0.2, -0.15) is 0 Å². The summed E-state index contributed by atoms with van der Waals surface area (Å²) in [5.74, 6) is 0. The van der Waals surface area contributed by atoms with Gasteiger partial charge in [0.15, 0.2) is 0 Å². The smallest absolute Gasteiger partial charge is 0.147 e. The van der Waals surface area contributed by atoms with Crippen LogP contribution in [0.4, 0.5) is 0 Å². The van der Waals surface area contributed by atoms with Crippen molar-refractivity contribution in [3.05, 3.63) is 0 Å². The van der Waals surface area contributed by atoms with Crippen molar-refractivity contribution in [2.24, 2.45) is 0 Å². The van der Waals surface area contributed by atoms with Crippen LogP contribution < -0.4 is 0 Å². The monoisotopic (exact) mass is 981 g/mol. The third kappa shape index (κ3) is 52.8. The molecule has 0 saturated carbocycles. The third-order valence-electron chi connectivity index (χ3n) is 13.5. The Bertz CT molecular complexity index is 584. The van der Waals surface area contributed by atoms with Crippen molar-refractivity contribution in [2.45, 2.75) is 287 Å². The second-order valence-electron chi connectivity index (χ2n) is 18.9. The van der Waals surface area contributed by atoms with Gasteiger partial charge < -0.3 is 0 Å². The Morgan fingerprint density at radius 1 is 0.153 bits per heavy atom. The van der Waals surface area contributed by atoms with Crippen LogP contribution in [0.25, 0.3) is 0 Å². The summed E-state index contributed by atoms with van der Waals surface area (Å²) in [6, 6.07) is 0. The predicted molar refractivity (Wildman–Crippen MR) is 303 cm³/mol. The van der Waals surface area contributed by atoms with Crippen molar-refractivity contribution in [3.8, 4) is 0 Å². The van der Waals surface area contributed by atoms with E-state index < -0.39 is 14.5 Å². The molecule has 0 N–H and O–H groups in total. The number of hydrogen-bond donors (Lipinski definition) is 0. The standard InChI is InChI=1S/2C26H57P.5ClH/c2*1-5-9-13-14-15-16-17-18-19-20-21-22-26-27(23-10-6-2,24-11-7-3)25-12-8-4;;;;;/h2*27H,5-26H2,1-4H3;5*1H. The van der Waals surface area contributed by atoms with E-state index in [1.54, 1.807) is 62.1 Å². The molecule has 0 aromatic rings. The van der Waals surface area contributed by atoms with Crippen molar-refractivity contribution in [1.29, 1.82) is 0 Å². The van der Waals surface area contributed by atoms with Crippen LogP contribution >= 0.6 is 76.6 Å². The molecule has 0 rings (SSSR count). The fourth-order valence-corrected chi connectivity index (χ4v) is 21.1. The number of halogens is 5. The molecule has 0 radical (unpaired) electrons. The van der Waals surface area contributed by atoms with E-state index in [1.165, 1.54) is 218 Å². The molecule has 0 aliphatic heterocycles. The molecule has 7 heteroatoms. The van der Waals surface area contributed by atoms with Crippen molar-refractivity contribution < 1.29 is 0 Å². The predicted octanol–water partition coefficient (Wildman–Crippen LogP) is 21.8. The normalized spacial score (nSPS) is 11.5. The number of hydrogen-bond acceptors (Lipinski definition) is 0. The first-order valence-electron chi connectivity index (χ1n) is 26.5. The quantitative estimate of drug-likeness (QED) is 0.0422. The summed E-state index contributed by atoms with van der Waals surface area (Å²) in [6.07, 6.45) is 66.3. The van der Waals surface area contributed by atoms with E-state index in [9.17, 15) is 0 Å². The van der Waals surface area contributed by atoms with Gasteiger partial charge in [0, 0.05) is 0 Å². The van der Waals surface area contributed by atoms with Crippen LogP contribution in [-0.2, 0) is 0 Å². The minimum atomic E-state index is -0.956. The number of unbranched alkanes of at least 4 members (excludes halogenated alkanes) is 28. The number of rotatable bonds is 44. The van der Waals surface area contributed by atoms with Crippen molar-refractivity contribution in [2.75, 3.05) is 49.3 Å². The molecule has 0 fully saturated rings. The van der Waals surface area contributed by atoms with E-state index in [4.69, 9.17) is 0 Å². The Kier molecular flexibility index (Phi) is 80.0. The van der Waals surface area contributed by atoms with E-state index >= 15 is 0 Å². The van der Waals surface area contributed by atoms with Crippen LogP contribution in [0.5, 0.6) is 0 Å². The van der Waals surface area contributed by atoms with Gasteiger partial charge in [-0.15, -0.1) is 62.0 Å². The molecule has 0 saturated heterocycles. The Labute approximate surface area is 409 Å². The Morgan fingerprint density at radius 2 is 0.271 bits per heavy atom. The van der Waals surface area contributed by atoms with Gasteiger partial charge in [-0.25, -0.2) is 0 Å². The van der Waals surface area contributed by atoms with Crippen LogP contribution in [0.15, 0.2) is 0 Å². The van der Waals surface area contributed by atoms with E-state index in [-0.39, 0.29) is 62.0 Å². The van der Waals surface area contributed by atoms with Gasteiger partial charge in [0.2, 0.25) is 0 Å². The Morgan fingerprint density at radius 3 is 0.424 bits per heavy atom. The molecule has 0 spiro atoms. The molecule has 0 aliphatic carbocycles. The van der Waals surface area contributed by atoms with Crippen molar-refractivity contribution >= 4 is 76.6 Å². The maximum Gasteiger partial charge on any atom is -0.147 e. The molecule has 0 unspecified atom stereocenters. The summed E-state index contributed by atoms with van der Waals surface area (Å²) in [4.78, 5) is 0. The van der Waals surface area contributed by atoms with E-state index in [2.05, 4.69) is 55.4 Å². The fraction of sp³-hybridized carbons (Fsp3) is 1.00. The van der Waals surface area contributed by atoms with Crippen LogP contribution in [0.3, 0.4) is 0 Å². The van der Waals surface area contributed by atoms with Crippen molar-refractivity contribution in [3.63, 3.8) is 0 Å². The average Bonchev–Trinajstić information content (AvgIpc) is 3.19. The zero-order valence-corrected chi connectivity index (χ0v) is 48.2. The molecule has 59 heavy (non-hydrogen) atoms. The molecular formula is C52H119Cl5P2. The molecule has 0 bridgehead atoms. The van der Waals surface area contributed by atoms with Crippen LogP contribution in [0.2, 0.25) is 0 Å². The average molecular weight is 984 g/mol. The molecule has 0 aromatic heterocycles. The maximum absolute atomic E-state index is 2.39. The zero-order chi connectivity index (χ0) is 40.1. The van der Waals surface area contributed by atoms with Gasteiger partial charge in [-0.3, -0.25) is 0 Å². The first kappa shape index (κ1) is 75.6. The summed E-state index contributed by atoms with van der Waals surface area (Å²) >= 11 is 0. The minimum Gasteiger partial charge on any atom is -0.147 e. The summed E-state index contributed by atoms with van der Waals surface area (Å²) in [5, 5.41) is 0. The fourth-order valence-electron chi connectivity index (χ4n) is 9.49. The van der Waals surface area contributed by atoms with Gasteiger partial charge >= 0.3 is 324 Å². The summed E-state index contributed by atoms with van der Waals surface area (Å²) in [6.45, 7) is 19.0. The Hall–Kier alpha value is 2.31. The van der Waals surface area contributed by atoms with Gasteiger partial charge in [0.25, 0.3) is 0 Å². The molecule has 372 valence electrons. The largest absolute Gasteiger partial charge is 0.147 e. The first-order chi connectivity index (χ1) is 26.5. The van der Waals surface area contributed by atoms with E-state index in [1.807, 2.05) is 0 Å². The molecular weight excluding hydrogens is 864 g/mol. The topological polar surface area (TPSA) is 0 Å². The van der Waals surface area contributed by atoms with E-state index in [0.717, 1.165) is 0 Å². The van der Waals surface area contributed by atoms with Crippen molar-refractivity contribution in [1.82, 2.24) is 0 Å². The second kappa shape index (κ2) is 62.4. The molecule has 0 amide bonds. The molecule has 0 nitrogen and oxygen atoms in total. The summed E-state index contributed by atoms with van der Waals surface area (Å²) in [7, 11) is -1.91. The Balaban J connectivity index is -0.000000169.